The van der Waals surface area contributed by atoms with E-state index >= 15 is 0 Å². The first kappa shape index (κ1) is 7.15. The van der Waals surface area contributed by atoms with E-state index < -0.39 is 0 Å². The second-order valence-electron chi connectivity index (χ2n) is 2.63. The van der Waals surface area contributed by atoms with E-state index in [1.165, 1.54) is 0 Å². The molecule has 0 amide bonds. The summed E-state index contributed by atoms with van der Waals surface area (Å²) in [6, 6.07) is 0.419. The molecule has 10 heavy (non-hydrogen) atoms. The summed E-state index contributed by atoms with van der Waals surface area (Å²) in [5.41, 5.74) is 9.80. The second-order valence-corrected chi connectivity index (χ2v) is 2.63. The van der Waals surface area contributed by atoms with Crippen LogP contribution in [0.5, 0.6) is 0 Å². The Morgan fingerprint density at radius 2 is 2.20 bits per heavy atom. The van der Waals surface area contributed by atoms with E-state index in [1.807, 2.05) is 20.2 Å². The van der Waals surface area contributed by atoms with Gasteiger partial charge in [-0.15, -0.1) is 0 Å². The molecule has 0 bridgehead atoms. The number of hydrogen-bond donors (Lipinski definition) is 0. The molecule has 1 rings (SSSR count). The highest BCUT2D eigenvalue weighted by Gasteiger charge is 2.07. The highest BCUT2D eigenvalue weighted by Crippen LogP contribution is 2.07. The van der Waals surface area contributed by atoms with Gasteiger partial charge < -0.3 is 4.90 Å². The summed E-state index contributed by atoms with van der Waals surface area (Å²) in [5, 5.41) is 0. The molecule has 1 nitrogen and oxygen atoms in total. The van der Waals surface area contributed by atoms with Crippen LogP contribution in [0.1, 0.15) is 6.92 Å². The summed E-state index contributed by atoms with van der Waals surface area (Å²) in [5.74, 6) is 0. The molecule has 1 aliphatic carbocycles. The normalized spacial score (nSPS) is 16.6. The van der Waals surface area contributed by atoms with Crippen molar-refractivity contribution in [3.05, 3.63) is 28.8 Å². The van der Waals surface area contributed by atoms with E-state index in [2.05, 4.69) is 29.0 Å². The SMILES string of the molecule is C[C@@H](C1=C=C=C=C1)N(C)C. The highest BCUT2D eigenvalue weighted by atomic mass is 15.1. The van der Waals surface area contributed by atoms with Gasteiger partial charge in [0.15, 0.2) is 0 Å². The fourth-order valence-corrected chi connectivity index (χ4v) is 0.761. The Morgan fingerprint density at radius 3 is 2.60 bits per heavy atom. The standard InChI is InChI=1S/C9H11N/c1-8(10(2)3)9-6-4-5-7-9/h6,8H,1-3H3/t8-/m0/s1. The number of hydrogen-bond acceptors (Lipinski definition) is 1. The summed E-state index contributed by atoms with van der Waals surface area (Å²) in [4.78, 5) is 2.13. The number of likely N-dealkylation sites (N-methyl/N-ethyl adjacent to an activating group) is 1. The quantitative estimate of drug-likeness (QED) is 0.514. The number of rotatable bonds is 2. The van der Waals surface area contributed by atoms with Gasteiger partial charge in [0.05, 0.1) is 0 Å². The second kappa shape index (κ2) is 2.75. The van der Waals surface area contributed by atoms with Crippen molar-refractivity contribution in [1.29, 1.82) is 0 Å². The molecule has 0 saturated carbocycles. The third-order valence-electron chi connectivity index (χ3n) is 1.73. The molecule has 0 radical (unpaired) electrons. The smallest absolute Gasteiger partial charge is 0.0399 e. The van der Waals surface area contributed by atoms with Crippen LogP contribution in [-0.2, 0) is 0 Å². The van der Waals surface area contributed by atoms with Gasteiger partial charge in [0.1, 0.15) is 0 Å². The molecule has 52 valence electrons. The van der Waals surface area contributed by atoms with Crippen molar-refractivity contribution in [2.75, 3.05) is 14.1 Å². The maximum Gasteiger partial charge on any atom is 0.0399 e. The zero-order valence-electron chi connectivity index (χ0n) is 6.60. The van der Waals surface area contributed by atoms with Gasteiger partial charge in [-0.1, -0.05) is 11.5 Å². The van der Waals surface area contributed by atoms with Crippen molar-refractivity contribution in [2.24, 2.45) is 0 Å². The first-order chi connectivity index (χ1) is 4.72. The Bertz CT molecular complexity index is 254. The van der Waals surface area contributed by atoms with Crippen LogP contribution < -0.4 is 0 Å². The average molecular weight is 133 g/mol. The predicted octanol–water partition coefficient (Wildman–Crippen LogP) is 1.34. The van der Waals surface area contributed by atoms with Gasteiger partial charge in [0.25, 0.3) is 0 Å². The van der Waals surface area contributed by atoms with Crippen molar-refractivity contribution in [1.82, 2.24) is 4.90 Å². The van der Waals surface area contributed by atoms with Gasteiger partial charge in [-0.2, -0.15) is 0 Å². The molecule has 0 aromatic rings. The Labute approximate surface area is 61.7 Å². The lowest BCUT2D eigenvalue weighted by Gasteiger charge is -2.17. The van der Waals surface area contributed by atoms with E-state index in [0.29, 0.717) is 6.04 Å². The van der Waals surface area contributed by atoms with Crippen LogP contribution in [0.3, 0.4) is 0 Å². The summed E-state index contributed by atoms with van der Waals surface area (Å²) in [6.45, 7) is 2.13. The molecule has 0 fully saturated rings. The van der Waals surface area contributed by atoms with Crippen molar-refractivity contribution in [2.45, 2.75) is 13.0 Å². The van der Waals surface area contributed by atoms with E-state index in [1.54, 1.807) is 0 Å². The van der Waals surface area contributed by atoms with Gasteiger partial charge in [-0.3, -0.25) is 0 Å². The van der Waals surface area contributed by atoms with Crippen LogP contribution in [0.15, 0.2) is 28.8 Å². The van der Waals surface area contributed by atoms with Crippen molar-refractivity contribution >= 4 is 0 Å². The van der Waals surface area contributed by atoms with Gasteiger partial charge in [0.2, 0.25) is 0 Å². The molecule has 0 aromatic heterocycles. The van der Waals surface area contributed by atoms with Crippen LogP contribution in [0.2, 0.25) is 0 Å². The lowest BCUT2D eigenvalue weighted by molar-refractivity contribution is 0.355. The Kier molecular flexibility index (Phi) is 1.97. The molecule has 0 spiro atoms. The minimum absolute atomic E-state index is 0.419. The maximum absolute atomic E-state index is 3.00. The van der Waals surface area contributed by atoms with Crippen LogP contribution in [-0.4, -0.2) is 25.0 Å². The fourth-order valence-electron chi connectivity index (χ4n) is 0.761. The molecule has 0 aromatic carbocycles. The molecule has 0 heterocycles. The molecular formula is C9H11N. The van der Waals surface area contributed by atoms with Crippen LogP contribution in [0, 0.1) is 0 Å². The Hall–Kier alpha value is -0.960. The highest BCUT2D eigenvalue weighted by molar-refractivity contribution is 5.26. The fraction of sp³-hybridized carbons (Fsp3) is 0.444. The van der Waals surface area contributed by atoms with Crippen molar-refractivity contribution < 1.29 is 0 Å². The van der Waals surface area contributed by atoms with E-state index in [-0.39, 0.29) is 0 Å². The summed E-state index contributed by atoms with van der Waals surface area (Å²) < 4.78 is 0. The van der Waals surface area contributed by atoms with Crippen LogP contribution in [0.25, 0.3) is 0 Å². The van der Waals surface area contributed by atoms with Crippen LogP contribution >= 0.6 is 0 Å². The van der Waals surface area contributed by atoms with Gasteiger partial charge in [0, 0.05) is 17.7 Å². The first-order valence-corrected chi connectivity index (χ1v) is 3.35. The first-order valence-electron chi connectivity index (χ1n) is 3.35. The Balaban J connectivity index is 2.70. The summed E-state index contributed by atoms with van der Waals surface area (Å²) in [6.07, 6.45) is 1.92. The summed E-state index contributed by atoms with van der Waals surface area (Å²) in [7, 11) is 4.09. The topological polar surface area (TPSA) is 3.24 Å². The monoisotopic (exact) mass is 133 g/mol. The molecule has 0 aliphatic heterocycles. The molecule has 0 unspecified atom stereocenters. The maximum atomic E-state index is 3.00. The van der Waals surface area contributed by atoms with Crippen LogP contribution in [0.4, 0.5) is 0 Å². The summed E-state index contributed by atoms with van der Waals surface area (Å²) >= 11 is 0. The molecule has 1 aliphatic rings. The molecule has 0 saturated heterocycles. The zero-order chi connectivity index (χ0) is 7.56. The van der Waals surface area contributed by atoms with E-state index in [0.717, 1.165) is 5.57 Å². The lowest BCUT2D eigenvalue weighted by Crippen LogP contribution is -2.25. The lowest BCUT2D eigenvalue weighted by atomic mass is 10.1. The van der Waals surface area contributed by atoms with Gasteiger partial charge in [-0.25, -0.2) is 0 Å². The van der Waals surface area contributed by atoms with Crippen molar-refractivity contribution in [3.8, 4) is 0 Å². The predicted molar refractivity (Wildman–Crippen MR) is 41.8 cm³/mol. The van der Waals surface area contributed by atoms with Crippen molar-refractivity contribution in [3.63, 3.8) is 0 Å². The molecule has 0 N–H and O–H groups in total. The van der Waals surface area contributed by atoms with E-state index in [4.69, 9.17) is 0 Å². The largest absolute Gasteiger partial charge is 0.302 e. The number of nitrogens with zero attached hydrogens (tertiary/aromatic N) is 1. The average Bonchev–Trinajstić information content (AvgIpc) is 2.36. The van der Waals surface area contributed by atoms with E-state index in [9.17, 15) is 0 Å². The zero-order valence-corrected chi connectivity index (χ0v) is 6.60. The molecule has 1 atom stereocenters. The van der Waals surface area contributed by atoms with Gasteiger partial charge >= 0.3 is 0 Å². The Morgan fingerprint density at radius 1 is 1.50 bits per heavy atom. The minimum Gasteiger partial charge on any atom is -0.302 e. The third kappa shape index (κ3) is 1.30. The minimum atomic E-state index is 0.419. The third-order valence-corrected chi connectivity index (χ3v) is 1.73. The van der Waals surface area contributed by atoms with Gasteiger partial charge in [-0.05, 0) is 26.8 Å². The molecule has 1 heteroatoms. The molecular weight excluding hydrogens is 122 g/mol.